The Kier molecular flexibility index (Phi) is 3.00. The van der Waals surface area contributed by atoms with Gasteiger partial charge >= 0.3 is 0 Å². The molecule has 0 aliphatic carbocycles. The third-order valence-electron chi connectivity index (χ3n) is 3.13. The van der Waals surface area contributed by atoms with Gasteiger partial charge in [0.15, 0.2) is 0 Å². The maximum absolute atomic E-state index is 13.8. The first kappa shape index (κ1) is 10.6. The van der Waals surface area contributed by atoms with Crippen molar-refractivity contribution in [3.63, 3.8) is 0 Å². The SMILES string of the molecule is Cc1c(F)ccc(C2CCNCC2)c1F. The van der Waals surface area contributed by atoms with Gasteiger partial charge in [0.05, 0.1) is 0 Å². The molecule has 0 atom stereocenters. The van der Waals surface area contributed by atoms with Crippen LogP contribution in [0.2, 0.25) is 0 Å². The van der Waals surface area contributed by atoms with Gasteiger partial charge in [0.2, 0.25) is 0 Å². The van der Waals surface area contributed by atoms with Crippen molar-refractivity contribution in [2.45, 2.75) is 25.7 Å². The van der Waals surface area contributed by atoms with Gasteiger partial charge in [-0.25, -0.2) is 8.78 Å². The van der Waals surface area contributed by atoms with E-state index < -0.39 is 5.82 Å². The molecule has 1 fully saturated rings. The molecular formula is C12H15F2N. The molecule has 15 heavy (non-hydrogen) atoms. The number of halogens is 2. The van der Waals surface area contributed by atoms with Crippen LogP contribution in [0.1, 0.15) is 29.9 Å². The molecule has 0 aromatic heterocycles. The predicted molar refractivity (Wildman–Crippen MR) is 55.9 cm³/mol. The van der Waals surface area contributed by atoms with E-state index in [2.05, 4.69) is 5.32 Å². The predicted octanol–water partition coefficient (Wildman–Crippen LogP) is 2.74. The Balaban J connectivity index is 2.31. The van der Waals surface area contributed by atoms with Crippen molar-refractivity contribution in [3.8, 4) is 0 Å². The molecule has 1 aromatic carbocycles. The standard InChI is InChI=1S/C12H15F2N/c1-8-11(13)3-2-10(12(8)14)9-4-6-15-7-5-9/h2-3,9,15H,4-7H2,1H3. The molecule has 0 spiro atoms. The molecule has 1 nitrogen and oxygen atoms in total. The molecular weight excluding hydrogens is 196 g/mol. The van der Waals surface area contributed by atoms with Crippen LogP contribution >= 0.6 is 0 Å². The van der Waals surface area contributed by atoms with E-state index in [9.17, 15) is 8.78 Å². The van der Waals surface area contributed by atoms with Crippen molar-refractivity contribution in [3.05, 3.63) is 34.9 Å². The van der Waals surface area contributed by atoms with E-state index in [4.69, 9.17) is 0 Å². The van der Waals surface area contributed by atoms with E-state index in [-0.39, 0.29) is 17.3 Å². The van der Waals surface area contributed by atoms with Crippen LogP contribution in [0.25, 0.3) is 0 Å². The van der Waals surface area contributed by atoms with Gasteiger partial charge < -0.3 is 5.32 Å². The fraction of sp³-hybridized carbons (Fsp3) is 0.500. The van der Waals surface area contributed by atoms with Crippen LogP contribution in [-0.4, -0.2) is 13.1 Å². The maximum Gasteiger partial charge on any atom is 0.132 e. The largest absolute Gasteiger partial charge is 0.317 e. The highest BCUT2D eigenvalue weighted by Crippen LogP contribution is 2.29. The third kappa shape index (κ3) is 2.02. The van der Waals surface area contributed by atoms with E-state index in [1.165, 1.54) is 13.0 Å². The third-order valence-corrected chi connectivity index (χ3v) is 3.13. The maximum atomic E-state index is 13.8. The molecule has 3 heteroatoms. The number of benzene rings is 1. The van der Waals surface area contributed by atoms with Gasteiger partial charge in [0.1, 0.15) is 11.6 Å². The average molecular weight is 211 g/mol. The van der Waals surface area contributed by atoms with Crippen LogP contribution in [0.15, 0.2) is 12.1 Å². The fourth-order valence-corrected chi connectivity index (χ4v) is 2.13. The number of rotatable bonds is 1. The molecule has 0 unspecified atom stereocenters. The second-order valence-electron chi connectivity index (χ2n) is 4.10. The van der Waals surface area contributed by atoms with E-state index in [1.807, 2.05) is 0 Å². The van der Waals surface area contributed by atoms with Crippen LogP contribution in [0, 0.1) is 18.6 Å². The molecule has 0 bridgehead atoms. The summed E-state index contributed by atoms with van der Waals surface area (Å²) in [5.74, 6) is -0.572. The highest BCUT2D eigenvalue weighted by atomic mass is 19.1. The highest BCUT2D eigenvalue weighted by molar-refractivity contribution is 5.29. The zero-order valence-electron chi connectivity index (χ0n) is 8.82. The van der Waals surface area contributed by atoms with Gasteiger partial charge in [-0.05, 0) is 50.4 Å². The smallest absolute Gasteiger partial charge is 0.132 e. The molecule has 1 heterocycles. The van der Waals surface area contributed by atoms with Crippen LogP contribution in [0.4, 0.5) is 8.78 Å². The van der Waals surface area contributed by atoms with Gasteiger partial charge in [0.25, 0.3) is 0 Å². The van der Waals surface area contributed by atoms with Crippen LogP contribution in [-0.2, 0) is 0 Å². The molecule has 82 valence electrons. The molecule has 1 N–H and O–H groups in total. The Bertz CT molecular complexity index is 357. The molecule has 0 radical (unpaired) electrons. The van der Waals surface area contributed by atoms with Crippen molar-refractivity contribution >= 4 is 0 Å². The van der Waals surface area contributed by atoms with E-state index in [1.54, 1.807) is 6.07 Å². The molecule has 0 amide bonds. The van der Waals surface area contributed by atoms with Crippen LogP contribution < -0.4 is 5.32 Å². The minimum Gasteiger partial charge on any atom is -0.317 e. The minimum atomic E-state index is -0.454. The summed E-state index contributed by atoms with van der Waals surface area (Å²) in [6.07, 6.45) is 1.87. The number of piperidine rings is 1. The highest BCUT2D eigenvalue weighted by Gasteiger charge is 2.20. The van der Waals surface area contributed by atoms with Gasteiger partial charge in [-0.1, -0.05) is 6.07 Å². The lowest BCUT2D eigenvalue weighted by atomic mass is 9.89. The van der Waals surface area contributed by atoms with Crippen molar-refractivity contribution in [2.24, 2.45) is 0 Å². The molecule has 0 saturated carbocycles. The van der Waals surface area contributed by atoms with Gasteiger partial charge in [-0.15, -0.1) is 0 Å². The summed E-state index contributed by atoms with van der Waals surface area (Å²) < 4.78 is 26.9. The van der Waals surface area contributed by atoms with Gasteiger partial charge in [0, 0.05) is 5.56 Å². The summed E-state index contributed by atoms with van der Waals surface area (Å²) in [5.41, 5.74) is 0.821. The topological polar surface area (TPSA) is 12.0 Å². The summed E-state index contributed by atoms with van der Waals surface area (Å²) in [5, 5.41) is 3.23. The normalized spacial score (nSPS) is 18.1. The van der Waals surface area contributed by atoms with E-state index in [0.717, 1.165) is 25.9 Å². The summed E-state index contributed by atoms with van der Waals surface area (Å²) >= 11 is 0. The zero-order valence-corrected chi connectivity index (χ0v) is 8.82. The summed E-state index contributed by atoms with van der Waals surface area (Å²) in [6.45, 7) is 3.33. The number of nitrogens with one attached hydrogen (secondary N) is 1. The van der Waals surface area contributed by atoms with Crippen molar-refractivity contribution in [1.82, 2.24) is 5.32 Å². The molecule has 2 rings (SSSR count). The Hall–Kier alpha value is -0.960. The Labute approximate surface area is 88.5 Å². The summed E-state index contributed by atoms with van der Waals surface area (Å²) in [6, 6.07) is 2.96. The first-order valence-corrected chi connectivity index (χ1v) is 5.35. The second-order valence-corrected chi connectivity index (χ2v) is 4.10. The average Bonchev–Trinajstić information content (AvgIpc) is 2.27. The lowest BCUT2D eigenvalue weighted by Crippen LogP contribution is -2.27. The fourth-order valence-electron chi connectivity index (χ4n) is 2.13. The van der Waals surface area contributed by atoms with E-state index in [0.29, 0.717) is 5.56 Å². The lowest BCUT2D eigenvalue weighted by Gasteiger charge is -2.23. The first-order chi connectivity index (χ1) is 7.20. The number of hydrogen-bond donors (Lipinski definition) is 1. The van der Waals surface area contributed by atoms with Crippen molar-refractivity contribution in [2.75, 3.05) is 13.1 Å². The summed E-state index contributed by atoms with van der Waals surface area (Å²) in [7, 11) is 0. The quantitative estimate of drug-likeness (QED) is 0.753. The zero-order chi connectivity index (χ0) is 10.8. The molecule has 1 aliphatic heterocycles. The Morgan fingerprint density at radius 3 is 2.53 bits per heavy atom. The molecule has 1 saturated heterocycles. The second kappa shape index (κ2) is 4.27. The summed E-state index contributed by atoms with van der Waals surface area (Å²) in [4.78, 5) is 0. The minimum absolute atomic E-state index is 0.144. The molecule has 1 aliphatic rings. The Morgan fingerprint density at radius 2 is 1.87 bits per heavy atom. The lowest BCUT2D eigenvalue weighted by molar-refractivity contribution is 0.441. The Morgan fingerprint density at radius 1 is 1.20 bits per heavy atom. The van der Waals surface area contributed by atoms with E-state index >= 15 is 0 Å². The van der Waals surface area contributed by atoms with Crippen molar-refractivity contribution < 1.29 is 8.78 Å². The van der Waals surface area contributed by atoms with Crippen LogP contribution in [0.3, 0.4) is 0 Å². The number of hydrogen-bond acceptors (Lipinski definition) is 1. The monoisotopic (exact) mass is 211 g/mol. The van der Waals surface area contributed by atoms with Gasteiger partial charge in [-0.2, -0.15) is 0 Å². The van der Waals surface area contributed by atoms with Gasteiger partial charge in [-0.3, -0.25) is 0 Å². The van der Waals surface area contributed by atoms with Crippen LogP contribution in [0.5, 0.6) is 0 Å². The first-order valence-electron chi connectivity index (χ1n) is 5.35. The van der Waals surface area contributed by atoms with Crippen molar-refractivity contribution in [1.29, 1.82) is 0 Å². The molecule has 1 aromatic rings.